The van der Waals surface area contributed by atoms with E-state index >= 15 is 0 Å². The van der Waals surface area contributed by atoms with E-state index < -0.39 is 0 Å². The summed E-state index contributed by atoms with van der Waals surface area (Å²) in [6.07, 6.45) is 3.37. The molecule has 0 unspecified atom stereocenters. The molecule has 1 aromatic carbocycles. The summed E-state index contributed by atoms with van der Waals surface area (Å²) < 4.78 is 0.823. The van der Waals surface area contributed by atoms with Crippen LogP contribution in [0.5, 0.6) is 0 Å². The Morgan fingerprint density at radius 3 is 2.76 bits per heavy atom. The van der Waals surface area contributed by atoms with Crippen LogP contribution in [0.3, 0.4) is 0 Å². The molecule has 2 heterocycles. The molecule has 2 aromatic heterocycles. The topological polar surface area (TPSA) is 68.5 Å². The Bertz CT molecular complexity index is 740. The Balaban J connectivity index is 1.95. The van der Waals surface area contributed by atoms with Gasteiger partial charge in [-0.2, -0.15) is 9.90 Å². The van der Waals surface area contributed by atoms with Crippen molar-refractivity contribution in [3.8, 4) is 17.2 Å². The van der Waals surface area contributed by atoms with Crippen LogP contribution in [0.4, 0.5) is 5.82 Å². The monoisotopic (exact) mass is 344 g/mol. The van der Waals surface area contributed by atoms with E-state index in [9.17, 15) is 0 Å². The zero-order chi connectivity index (χ0) is 14.7. The molecule has 21 heavy (non-hydrogen) atoms. The number of nitrogens with zero attached hydrogens (tertiary/aromatic N) is 5. The van der Waals surface area contributed by atoms with E-state index in [0.29, 0.717) is 11.5 Å². The summed E-state index contributed by atoms with van der Waals surface area (Å²) in [6, 6.07) is 9.72. The Labute approximate surface area is 130 Å². The fraction of sp³-hybridized carbons (Fsp3) is 0.143. The molecule has 0 spiro atoms. The fourth-order valence-electron chi connectivity index (χ4n) is 1.83. The molecule has 7 heteroatoms. The van der Waals surface area contributed by atoms with Crippen molar-refractivity contribution in [2.24, 2.45) is 0 Å². The molecule has 6 nitrogen and oxygen atoms in total. The average Bonchev–Trinajstić information content (AvgIpc) is 3.00. The van der Waals surface area contributed by atoms with Gasteiger partial charge < -0.3 is 5.32 Å². The van der Waals surface area contributed by atoms with Crippen LogP contribution < -0.4 is 5.32 Å². The lowest BCUT2D eigenvalue weighted by atomic mass is 10.3. The summed E-state index contributed by atoms with van der Waals surface area (Å²) in [5.74, 6) is 1.29. The first-order valence-electron chi connectivity index (χ1n) is 6.52. The molecule has 0 saturated heterocycles. The lowest BCUT2D eigenvalue weighted by Crippen LogP contribution is -2.03. The summed E-state index contributed by atoms with van der Waals surface area (Å²) >= 11 is 3.42. The normalized spacial score (nSPS) is 10.6. The van der Waals surface area contributed by atoms with Gasteiger partial charge in [-0.3, -0.25) is 0 Å². The lowest BCUT2D eigenvalue weighted by Gasteiger charge is -2.05. The summed E-state index contributed by atoms with van der Waals surface area (Å²) in [7, 11) is 0. The number of anilines is 1. The molecule has 0 fully saturated rings. The number of halogens is 1. The van der Waals surface area contributed by atoms with Crippen LogP contribution in [0.1, 0.15) is 6.92 Å². The number of hydrogen-bond donors (Lipinski definition) is 1. The predicted octanol–water partition coefficient (Wildman–Crippen LogP) is 2.92. The van der Waals surface area contributed by atoms with Gasteiger partial charge >= 0.3 is 0 Å². The largest absolute Gasteiger partial charge is 0.369 e. The first-order chi connectivity index (χ1) is 10.3. The highest BCUT2D eigenvalue weighted by atomic mass is 79.9. The summed E-state index contributed by atoms with van der Waals surface area (Å²) in [6.45, 7) is 2.80. The van der Waals surface area contributed by atoms with Gasteiger partial charge in [0.2, 0.25) is 0 Å². The minimum atomic E-state index is 0.538. The smallest absolute Gasteiger partial charge is 0.183 e. The number of nitrogens with one attached hydrogen (secondary N) is 1. The van der Waals surface area contributed by atoms with Crippen molar-refractivity contribution in [2.45, 2.75) is 6.92 Å². The predicted molar refractivity (Wildman–Crippen MR) is 84.2 cm³/mol. The van der Waals surface area contributed by atoms with Crippen molar-refractivity contribution >= 4 is 21.7 Å². The number of benzene rings is 1. The van der Waals surface area contributed by atoms with Gasteiger partial charge in [0.15, 0.2) is 11.5 Å². The molecular weight excluding hydrogens is 332 g/mol. The molecular formula is C14H13BrN6. The third-order valence-electron chi connectivity index (χ3n) is 2.80. The maximum Gasteiger partial charge on any atom is 0.183 e. The Morgan fingerprint density at radius 1 is 1.19 bits per heavy atom. The van der Waals surface area contributed by atoms with E-state index in [1.165, 1.54) is 0 Å². The lowest BCUT2D eigenvalue weighted by molar-refractivity contribution is 0.752. The van der Waals surface area contributed by atoms with Crippen LogP contribution in [0.25, 0.3) is 17.2 Å². The van der Waals surface area contributed by atoms with Crippen molar-refractivity contribution in [1.82, 2.24) is 25.0 Å². The van der Waals surface area contributed by atoms with E-state index in [0.717, 1.165) is 22.5 Å². The Kier molecular flexibility index (Phi) is 3.92. The Hall–Kier alpha value is -2.28. The second kappa shape index (κ2) is 6.01. The van der Waals surface area contributed by atoms with Gasteiger partial charge in [0.1, 0.15) is 5.82 Å². The highest BCUT2D eigenvalue weighted by Gasteiger charge is 2.10. The zero-order valence-corrected chi connectivity index (χ0v) is 12.9. The van der Waals surface area contributed by atoms with Crippen LogP contribution >= 0.6 is 15.9 Å². The molecule has 0 atom stereocenters. The molecule has 0 amide bonds. The van der Waals surface area contributed by atoms with Gasteiger partial charge in [-0.25, -0.2) is 9.97 Å². The summed E-state index contributed by atoms with van der Waals surface area (Å²) in [4.78, 5) is 10.3. The van der Waals surface area contributed by atoms with Gasteiger partial charge in [-0.05, 0) is 35.0 Å². The van der Waals surface area contributed by atoms with Crippen molar-refractivity contribution < 1.29 is 0 Å². The second-order valence-electron chi connectivity index (χ2n) is 4.28. The number of aromatic nitrogens is 5. The average molecular weight is 345 g/mol. The van der Waals surface area contributed by atoms with E-state index in [4.69, 9.17) is 0 Å². The van der Waals surface area contributed by atoms with Crippen LogP contribution in [-0.2, 0) is 0 Å². The third-order valence-corrected chi connectivity index (χ3v) is 3.38. The molecule has 106 valence electrons. The number of para-hydroxylation sites is 1. The third kappa shape index (κ3) is 2.92. The van der Waals surface area contributed by atoms with Crippen molar-refractivity contribution in [3.63, 3.8) is 0 Å². The van der Waals surface area contributed by atoms with Crippen LogP contribution in [0.2, 0.25) is 0 Å². The number of rotatable bonds is 4. The summed E-state index contributed by atoms with van der Waals surface area (Å²) in [5, 5.41) is 11.8. The number of hydrogen-bond acceptors (Lipinski definition) is 5. The first-order valence-corrected chi connectivity index (χ1v) is 7.32. The molecule has 0 aliphatic carbocycles. The molecule has 1 N–H and O–H groups in total. The second-order valence-corrected chi connectivity index (χ2v) is 5.13. The minimum Gasteiger partial charge on any atom is -0.369 e. The van der Waals surface area contributed by atoms with Crippen molar-refractivity contribution in [3.05, 3.63) is 47.2 Å². The maximum absolute atomic E-state index is 4.45. The van der Waals surface area contributed by atoms with Crippen LogP contribution in [-0.4, -0.2) is 31.5 Å². The molecule has 0 aliphatic rings. The van der Waals surface area contributed by atoms with Crippen LogP contribution in [0, 0.1) is 0 Å². The van der Waals surface area contributed by atoms with Gasteiger partial charge in [-0.1, -0.05) is 18.2 Å². The fourth-order valence-corrected chi connectivity index (χ4v) is 2.16. The van der Waals surface area contributed by atoms with E-state index in [1.807, 2.05) is 37.3 Å². The van der Waals surface area contributed by atoms with Gasteiger partial charge in [0, 0.05) is 12.7 Å². The Morgan fingerprint density at radius 2 is 2.00 bits per heavy atom. The summed E-state index contributed by atoms with van der Waals surface area (Å²) in [5.41, 5.74) is 1.53. The molecule has 0 saturated carbocycles. The SMILES string of the molecule is CCNc1nc(-c2cnn(-c3ccccc3)n2)ncc1Br. The zero-order valence-electron chi connectivity index (χ0n) is 11.4. The van der Waals surface area contributed by atoms with Gasteiger partial charge in [0.05, 0.1) is 16.4 Å². The van der Waals surface area contributed by atoms with Gasteiger partial charge in [0.25, 0.3) is 0 Å². The quantitative estimate of drug-likeness (QED) is 0.787. The van der Waals surface area contributed by atoms with Crippen molar-refractivity contribution in [2.75, 3.05) is 11.9 Å². The van der Waals surface area contributed by atoms with E-state index in [2.05, 4.69) is 41.4 Å². The minimum absolute atomic E-state index is 0.538. The highest BCUT2D eigenvalue weighted by Crippen LogP contribution is 2.22. The van der Waals surface area contributed by atoms with Crippen molar-refractivity contribution in [1.29, 1.82) is 0 Å². The standard InChI is InChI=1S/C14H13BrN6/c1-2-16-13-11(15)8-17-14(19-13)12-9-18-21(20-12)10-6-4-3-5-7-10/h3-9H,2H2,1H3,(H,16,17,19). The van der Waals surface area contributed by atoms with Crippen LogP contribution in [0.15, 0.2) is 47.2 Å². The maximum atomic E-state index is 4.45. The highest BCUT2D eigenvalue weighted by molar-refractivity contribution is 9.10. The molecule has 0 radical (unpaired) electrons. The van der Waals surface area contributed by atoms with E-state index in [-0.39, 0.29) is 0 Å². The van der Waals surface area contributed by atoms with E-state index in [1.54, 1.807) is 17.2 Å². The first kappa shape index (κ1) is 13.7. The molecule has 0 aliphatic heterocycles. The molecule has 3 aromatic rings. The molecule has 0 bridgehead atoms. The molecule has 3 rings (SSSR count). The van der Waals surface area contributed by atoms with Gasteiger partial charge in [-0.15, -0.1) is 5.10 Å².